The second-order valence-electron chi connectivity index (χ2n) is 4.99. The second-order valence-corrected chi connectivity index (χ2v) is 4.99. The number of rotatable bonds is 3. The minimum absolute atomic E-state index is 0.101. The van der Waals surface area contributed by atoms with E-state index in [1.54, 1.807) is 0 Å². The molecule has 1 saturated heterocycles. The lowest BCUT2D eigenvalue weighted by Crippen LogP contribution is -2.34. The maximum Gasteiger partial charge on any atom is 0.0460 e. The highest BCUT2D eigenvalue weighted by Gasteiger charge is 2.18. The van der Waals surface area contributed by atoms with Crippen molar-refractivity contribution in [3.05, 3.63) is 29.8 Å². The highest BCUT2D eigenvalue weighted by molar-refractivity contribution is 5.48. The molecule has 0 bridgehead atoms. The lowest BCUT2D eigenvalue weighted by atomic mass is 9.97. The molecule has 0 aliphatic carbocycles. The van der Waals surface area contributed by atoms with Gasteiger partial charge in [-0.3, -0.25) is 0 Å². The summed E-state index contributed by atoms with van der Waals surface area (Å²) >= 11 is 0. The van der Waals surface area contributed by atoms with E-state index in [1.165, 1.54) is 11.3 Å². The molecule has 1 aromatic rings. The molecule has 1 aliphatic heterocycles. The van der Waals surface area contributed by atoms with Gasteiger partial charge in [-0.2, -0.15) is 0 Å². The smallest absolute Gasteiger partial charge is 0.0460 e. The number of piperidine rings is 1. The number of benzene rings is 1. The van der Waals surface area contributed by atoms with Crippen molar-refractivity contribution in [3.63, 3.8) is 0 Å². The minimum Gasteiger partial charge on any atom is -0.396 e. The summed E-state index contributed by atoms with van der Waals surface area (Å²) < 4.78 is 0. The standard InChI is InChI=1S/C14H22N2O/c1-11(15)13-2-4-14(5-3-13)16-8-6-12(10-17)7-9-16/h2-5,11-12,17H,6-10,15H2,1H3. The van der Waals surface area contributed by atoms with E-state index in [9.17, 15) is 0 Å². The van der Waals surface area contributed by atoms with E-state index < -0.39 is 0 Å². The summed E-state index contributed by atoms with van der Waals surface area (Å²) in [6, 6.07) is 8.62. The Morgan fingerprint density at radius 2 is 1.88 bits per heavy atom. The molecule has 17 heavy (non-hydrogen) atoms. The van der Waals surface area contributed by atoms with E-state index in [-0.39, 0.29) is 6.04 Å². The summed E-state index contributed by atoms with van der Waals surface area (Å²) in [5, 5.41) is 9.11. The molecule has 1 aromatic carbocycles. The van der Waals surface area contributed by atoms with Gasteiger partial charge in [0.25, 0.3) is 0 Å². The summed E-state index contributed by atoms with van der Waals surface area (Å²) in [5.74, 6) is 0.495. The number of nitrogens with two attached hydrogens (primary N) is 1. The Morgan fingerprint density at radius 3 is 2.35 bits per heavy atom. The van der Waals surface area contributed by atoms with Crippen LogP contribution in [-0.2, 0) is 0 Å². The van der Waals surface area contributed by atoms with Gasteiger partial charge in [0.2, 0.25) is 0 Å². The molecule has 1 heterocycles. The van der Waals surface area contributed by atoms with Gasteiger partial charge in [0, 0.05) is 31.4 Å². The summed E-state index contributed by atoms with van der Waals surface area (Å²) in [6.45, 7) is 4.42. The molecule has 1 fully saturated rings. The van der Waals surface area contributed by atoms with Gasteiger partial charge in [-0.25, -0.2) is 0 Å². The molecule has 3 nitrogen and oxygen atoms in total. The van der Waals surface area contributed by atoms with Crippen molar-refractivity contribution in [1.29, 1.82) is 0 Å². The summed E-state index contributed by atoms with van der Waals surface area (Å²) in [6.07, 6.45) is 2.18. The number of nitrogens with zero attached hydrogens (tertiary/aromatic N) is 1. The van der Waals surface area contributed by atoms with E-state index >= 15 is 0 Å². The normalized spacial score (nSPS) is 19.4. The first kappa shape index (κ1) is 12.4. The average Bonchev–Trinajstić information content (AvgIpc) is 2.39. The van der Waals surface area contributed by atoms with Crippen LogP contribution in [0.1, 0.15) is 31.4 Å². The number of hydrogen-bond acceptors (Lipinski definition) is 3. The number of hydrogen-bond donors (Lipinski definition) is 2. The third-order valence-electron chi connectivity index (χ3n) is 3.66. The molecule has 94 valence electrons. The highest BCUT2D eigenvalue weighted by Crippen LogP contribution is 2.24. The van der Waals surface area contributed by atoms with Crippen LogP contribution in [0.4, 0.5) is 5.69 Å². The van der Waals surface area contributed by atoms with Crippen molar-refractivity contribution in [2.45, 2.75) is 25.8 Å². The quantitative estimate of drug-likeness (QED) is 0.840. The molecule has 0 radical (unpaired) electrons. The number of anilines is 1. The van der Waals surface area contributed by atoms with Gasteiger partial charge in [-0.1, -0.05) is 12.1 Å². The Morgan fingerprint density at radius 1 is 1.29 bits per heavy atom. The average molecular weight is 234 g/mol. The van der Waals surface area contributed by atoms with Crippen molar-refractivity contribution < 1.29 is 5.11 Å². The molecule has 3 N–H and O–H groups in total. The topological polar surface area (TPSA) is 49.5 Å². The number of aliphatic hydroxyl groups is 1. The molecule has 2 rings (SSSR count). The number of aliphatic hydroxyl groups excluding tert-OH is 1. The molecule has 3 heteroatoms. The van der Waals surface area contributed by atoms with Crippen LogP contribution in [0.5, 0.6) is 0 Å². The maximum atomic E-state index is 9.11. The van der Waals surface area contributed by atoms with Gasteiger partial charge in [0.15, 0.2) is 0 Å². The Labute approximate surface area is 103 Å². The summed E-state index contributed by atoms with van der Waals surface area (Å²) in [7, 11) is 0. The lowest BCUT2D eigenvalue weighted by Gasteiger charge is -2.33. The monoisotopic (exact) mass is 234 g/mol. The van der Waals surface area contributed by atoms with Crippen molar-refractivity contribution >= 4 is 5.69 Å². The van der Waals surface area contributed by atoms with Gasteiger partial charge >= 0.3 is 0 Å². The Kier molecular flexibility index (Phi) is 4.02. The molecular weight excluding hydrogens is 212 g/mol. The molecule has 1 unspecified atom stereocenters. The first-order valence-electron chi connectivity index (χ1n) is 6.42. The third kappa shape index (κ3) is 2.99. The Hall–Kier alpha value is -1.06. The van der Waals surface area contributed by atoms with Crippen LogP contribution in [0.25, 0.3) is 0 Å². The van der Waals surface area contributed by atoms with E-state index in [2.05, 4.69) is 29.2 Å². The van der Waals surface area contributed by atoms with Crippen molar-refractivity contribution in [1.82, 2.24) is 0 Å². The molecule has 1 atom stereocenters. The zero-order valence-electron chi connectivity index (χ0n) is 10.5. The minimum atomic E-state index is 0.101. The fraction of sp³-hybridized carbons (Fsp3) is 0.571. The fourth-order valence-electron chi connectivity index (χ4n) is 2.36. The zero-order chi connectivity index (χ0) is 12.3. The van der Waals surface area contributed by atoms with Crippen LogP contribution in [0.15, 0.2) is 24.3 Å². The van der Waals surface area contributed by atoms with Crippen molar-refractivity contribution in [2.75, 3.05) is 24.6 Å². The summed E-state index contributed by atoms with van der Waals surface area (Å²) in [5.41, 5.74) is 8.29. The van der Waals surface area contributed by atoms with Crippen LogP contribution in [0.2, 0.25) is 0 Å². The predicted molar refractivity (Wildman–Crippen MR) is 71.1 cm³/mol. The SMILES string of the molecule is CC(N)c1ccc(N2CCC(CO)CC2)cc1. The first-order valence-corrected chi connectivity index (χ1v) is 6.42. The third-order valence-corrected chi connectivity index (χ3v) is 3.66. The highest BCUT2D eigenvalue weighted by atomic mass is 16.3. The van der Waals surface area contributed by atoms with Crippen LogP contribution in [-0.4, -0.2) is 24.8 Å². The van der Waals surface area contributed by atoms with Crippen LogP contribution in [0.3, 0.4) is 0 Å². The van der Waals surface area contributed by atoms with E-state index in [0.717, 1.165) is 25.9 Å². The Bertz CT molecular complexity index is 340. The molecule has 0 aromatic heterocycles. The van der Waals surface area contributed by atoms with E-state index in [1.807, 2.05) is 6.92 Å². The maximum absolute atomic E-state index is 9.11. The van der Waals surface area contributed by atoms with Crippen LogP contribution >= 0.6 is 0 Å². The molecule has 0 spiro atoms. The van der Waals surface area contributed by atoms with E-state index in [0.29, 0.717) is 12.5 Å². The largest absolute Gasteiger partial charge is 0.396 e. The van der Waals surface area contributed by atoms with Crippen LogP contribution in [0, 0.1) is 5.92 Å². The molecule has 0 amide bonds. The molecule has 0 saturated carbocycles. The van der Waals surface area contributed by atoms with Gasteiger partial charge in [-0.05, 0) is 43.4 Å². The summed E-state index contributed by atoms with van der Waals surface area (Å²) in [4.78, 5) is 2.39. The van der Waals surface area contributed by atoms with Gasteiger partial charge < -0.3 is 15.7 Å². The molecular formula is C14H22N2O. The van der Waals surface area contributed by atoms with Crippen LogP contribution < -0.4 is 10.6 Å². The fourth-order valence-corrected chi connectivity index (χ4v) is 2.36. The second kappa shape index (κ2) is 5.52. The van der Waals surface area contributed by atoms with Gasteiger partial charge in [0.1, 0.15) is 0 Å². The molecule has 1 aliphatic rings. The predicted octanol–water partition coefficient (Wildman–Crippen LogP) is 1.92. The lowest BCUT2D eigenvalue weighted by molar-refractivity contribution is 0.203. The van der Waals surface area contributed by atoms with Crippen molar-refractivity contribution in [2.24, 2.45) is 11.7 Å². The van der Waals surface area contributed by atoms with E-state index in [4.69, 9.17) is 10.8 Å². The van der Waals surface area contributed by atoms with Gasteiger partial charge in [-0.15, -0.1) is 0 Å². The van der Waals surface area contributed by atoms with Crippen molar-refractivity contribution in [3.8, 4) is 0 Å². The van der Waals surface area contributed by atoms with Gasteiger partial charge in [0.05, 0.1) is 0 Å². The zero-order valence-corrected chi connectivity index (χ0v) is 10.5. The Balaban J connectivity index is 1.99. The first-order chi connectivity index (χ1) is 8.20.